The highest BCUT2D eigenvalue weighted by molar-refractivity contribution is 5.85. The number of ether oxygens (including phenoxy) is 1. The molecular weight excluding hydrogens is 300 g/mol. The van der Waals surface area contributed by atoms with E-state index in [1.807, 2.05) is 18.2 Å². The third-order valence-corrected chi connectivity index (χ3v) is 3.20. The molecule has 5 heteroatoms. The molecule has 0 fully saturated rings. The van der Waals surface area contributed by atoms with Crippen molar-refractivity contribution in [3.05, 3.63) is 35.9 Å². The Hall–Kier alpha value is -1.10. The van der Waals surface area contributed by atoms with Gasteiger partial charge in [0.05, 0.1) is 12.6 Å². The fourth-order valence-electron chi connectivity index (χ4n) is 2.07. The van der Waals surface area contributed by atoms with Crippen LogP contribution < -0.4 is 11.1 Å². The molecule has 1 aromatic carbocycles. The molecule has 0 saturated heterocycles. The van der Waals surface area contributed by atoms with Gasteiger partial charge < -0.3 is 15.8 Å². The minimum atomic E-state index is -0.399. The van der Waals surface area contributed by atoms with Crippen molar-refractivity contribution in [2.75, 3.05) is 19.8 Å². The normalized spacial score (nSPS) is 11.8. The zero-order chi connectivity index (χ0) is 15.5. The maximum absolute atomic E-state index is 11.7. The van der Waals surface area contributed by atoms with Crippen LogP contribution in [0.2, 0.25) is 0 Å². The Morgan fingerprint density at radius 1 is 1.23 bits per heavy atom. The zero-order valence-electron chi connectivity index (χ0n) is 13.6. The van der Waals surface area contributed by atoms with Gasteiger partial charge in [-0.3, -0.25) is 4.79 Å². The second kappa shape index (κ2) is 12.4. The van der Waals surface area contributed by atoms with Gasteiger partial charge in [0.25, 0.3) is 0 Å². The van der Waals surface area contributed by atoms with E-state index in [4.69, 9.17) is 10.5 Å². The highest BCUT2D eigenvalue weighted by atomic mass is 35.5. The molecule has 22 heavy (non-hydrogen) atoms. The maximum Gasteiger partial charge on any atom is 0.236 e. The van der Waals surface area contributed by atoms with Crippen molar-refractivity contribution in [3.8, 4) is 0 Å². The molecular formula is C17H29ClN2O2. The van der Waals surface area contributed by atoms with Crippen molar-refractivity contribution in [2.24, 2.45) is 11.7 Å². The number of hydrogen-bond donors (Lipinski definition) is 2. The third-order valence-electron chi connectivity index (χ3n) is 3.20. The summed E-state index contributed by atoms with van der Waals surface area (Å²) in [4.78, 5) is 11.7. The van der Waals surface area contributed by atoms with Gasteiger partial charge in [-0.15, -0.1) is 12.4 Å². The van der Waals surface area contributed by atoms with Gasteiger partial charge >= 0.3 is 0 Å². The van der Waals surface area contributed by atoms with Crippen LogP contribution in [0.5, 0.6) is 0 Å². The van der Waals surface area contributed by atoms with Gasteiger partial charge in [0.2, 0.25) is 5.91 Å². The van der Waals surface area contributed by atoms with E-state index in [2.05, 4.69) is 31.3 Å². The average molecular weight is 329 g/mol. The predicted octanol–water partition coefficient (Wildman–Crippen LogP) is 2.55. The van der Waals surface area contributed by atoms with E-state index in [-0.39, 0.29) is 18.3 Å². The van der Waals surface area contributed by atoms with E-state index >= 15 is 0 Å². The van der Waals surface area contributed by atoms with Crippen LogP contribution >= 0.6 is 12.4 Å². The second-order valence-electron chi connectivity index (χ2n) is 5.73. The minimum Gasteiger partial charge on any atom is -0.381 e. The maximum atomic E-state index is 11.7. The van der Waals surface area contributed by atoms with Gasteiger partial charge in [0.15, 0.2) is 0 Å². The van der Waals surface area contributed by atoms with Gasteiger partial charge in [0.1, 0.15) is 0 Å². The van der Waals surface area contributed by atoms with Crippen LogP contribution in [0, 0.1) is 5.92 Å². The van der Waals surface area contributed by atoms with Gasteiger partial charge in [-0.2, -0.15) is 0 Å². The van der Waals surface area contributed by atoms with Crippen LogP contribution in [0.3, 0.4) is 0 Å². The molecule has 0 bridgehead atoms. The van der Waals surface area contributed by atoms with Crippen molar-refractivity contribution < 1.29 is 9.53 Å². The molecule has 1 amide bonds. The number of benzene rings is 1. The Morgan fingerprint density at radius 2 is 1.91 bits per heavy atom. The van der Waals surface area contributed by atoms with Gasteiger partial charge in [-0.1, -0.05) is 44.2 Å². The van der Waals surface area contributed by atoms with E-state index < -0.39 is 6.04 Å². The minimum absolute atomic E-state index is 0. The molecule has 0 aromatic heterocycles. The fourth-order valence-corrected chi connectivity index (χ4v) is 2.07. The summed E-state index contributed by atoms with van der Waals surface area (Å²) in [5.41, 5.74) is 7.08. The van der Waals surface area contributed by atoms with Crippen LogP contribution in [0.1, 0.15) is 32.3 Å². The Bertz CT molecular complexity index is 399. The first-order valence-electron chi connectivity index (χ1n) is 7.74. The van der Waals surface area contributed by atoms with Crippen molar-refractivity contribution in [1.29, 1.82) is 0 Å². The molecule has 1 atom stereocenters. The number of halogens is 1. The quantitative estimate of drug-likeness (QED) is 0.649. The lowest BCUT2D eigenvalue weighted by Gasteiger charge is -2.14. The number of carbonyl (C=O) groups is 1. The molecule has 0 aliphatic rings. The first-order valence-corrected chi connectivity index (χ1v) is 7.74. The molecule has 0 saturated carbocycles. The number of hydrogen-bond acceptors (Lipinski definition) is 3. The standard InChI is InChI=1S/C17H28N2O2.ClH/c1-14(2)13-16(18)17(20)19-10-6-11-21-12-9-15-7-4-3-5-8-15;/h3-5,7-8,14,16H,6,9-13,18H2,1-2H3,(H,19,20);1H/t16-;/m0./s1. The summed E-state index contributed by atoms with van der Waals surface area (Å²) in [5.74, 6) is 0.375. The molecule has 4 nitrogen and oxygen atoms in total. The number of nitrogens with one attached hydrogen (secondary N) is 1. The second-order valence-corrected chi connectivity index (χ2v) is 5.73. The van der Waals surface area contributed by atoms with Crippen LogP contribution in [-0.4, -0.2) is 31.7 Å². The third kappa shape index (κ3) is 9.77. The fraction of sp³-hybridized carbons (Fsp3) is 0.588. The molecule has 1 rings (SSSR count). The zero-order valence-corrected chi connectivity index (χ0v) is 14.4. The van der Waals surface area contributed by atoms with Crippen molar-refractivity contribution in [3.63, 3.8) is 0 Å². The van der Waals surface area contributed by atoms with Crippen LogP contribution in [0.25, 0.3) is 0 Å². The molecule has 0 spiro atoms. The largest absolute Gasteiger partial charge is 0.381 e. The highest BCUT2D eigenvalue weighted by Crippen LogP contribution is 2.02. The Kier molecular flexibility index (Phi) is 11.8. The Morgan fingerprint density at radius 3 is 2.55 bits per heavy atom. The summed E-state index contributed by atoms with van der Waals surface area (Å²) in [6.07, 6.45) is 2.46. The van der Waals surface area contributed by atoms with E-state index in [0.29, 0.717) is 25.7 Å². The monoisotopic (exact) mass is 328 g/mol. The molecule has 126 valence electrons. The topological polar surface area (TPSA) is 64.4 Å². The molecule has 0 radical (unpaired) electrons. The number of carbonyl (C=O) groups excluding carboxylic acids is 1. The summed E-state index contributed by atoms with van der Waals surface area (Å²) in [6.45, 7) is 6.12. The Balaban J connectivity index is 0.00000441. The lowest BCUT2D eigenvalue weighted by molar-refractivity contribution is -0.122. The van der Waals surface area contributed by atoms with Crippen LogP contribution in [0.15, 0.2) is 30.3 Å². The molecule has 0 aliphatic heterocycles. The summed E-state index contributed by atoms with van der Waals surface area (Å²) >= 11 is 0. The highest BCUT2D eigenvalue weighted by Gasteiger charge is 2.13. The summed E-state index contributed by atoms with van der Waals surface area (Å²) < 4.78 is 5.56. The van der Waals surface area contributed by atoms with Gasteiger partial charge in [-0.25, -0.2) is 0 Å². The van der Waals surface area contributed by atoms with E-state index in [9.17, 15) is 4.79 Å². The summed E-state index contributed by atoms with van der Waals surface area (Å²) in [6, 6.07) is 9.87. The summed E-state index contributed by atoms with van der Waals surface area (Å²) in [5, 5.41) is 2.85. The molecule has 0 unspecified atom stereocenters. The van der Waals surface area contributed by atoms with Crippen LogP contribution in [0.4, 0.5) is 0 Å². The van der Waals surface area contributed by atoms with E-state index in [1.54, 1.807) is 0 Å². The smallest absolute Gasteiger partial charge is 0.236 e. The number of rotatable bonds is 10. The lowest BCUT2D eigenvalue weighted by atomic mass is 10.0. The number of amides is 1. The Labute approximate surface area is 140 Å². The SMILES string of the molecule is CC(C)C[C@H](N)C(=O)NCCCOCCc1ccccc1.Cl. The molecule has 3 N–H and O–H groups in total. The van der Waals surface area contributed by atoms with Crippen molar-refractivity contribution in [1.82, 2.24) is 5.32 Å². The number of nitrogens with two attached hydrogens (primary N) is 1. The average Bonchev–Trinajstić information content (AvgIpc) is 2.46. The van der Waals surface area contributed by atoms with Crippen molar-refractivity contribution >= 4 is 18.3 Å². The summed E-state index contributed by atoms with van der Waals surface area (Å²) in [7, 11) is 0. The first-order chi connectivity index (χ1) is 10.1. The van der Waals surface area contributed by atoms with Gasteiger partial charge in [0, 0.05) is 13.2 Å². The van der Waals surface area contributed by atoms with Crippen molar-refractivity contribution in [2.45, 2.75) is 39.2 Å². The lowest BCUT2D eigenvalue weighted by Crippen LogP contribution is -2.41. The van der Waals surface area contributed by atoms with Gasteiger partial charge in [-0.05, 0) is 30.7 Å². The molecule has 0 aliphatic carbocycles. The molecule has 0 heterocycles. The predicted molar refractivity (Wildman–Crippen MR) is 93.3 cm³/mol. The first kappa shape index (κ1) is 20.9. The van der Waals surface area contributed by atoms with Crippen LogP contribution in [-0.2, 0) is 16.0 Å². The van der Waals surface area contributed by atoms with E-state index in [0.717, 1.165) is 19.3 Å². The molecule has 1 aromatic rings. The van der Waals surface area contributed by atoms with E-state index in [1.165, 1.54) is 5.56 Å².